The van der Waals surface area contributed by atoms with E-state index in [1.54, 1.807) is 18.2 Å². The second-order valence-electron chi connectivity index (χ2n) is 3.41. The molecule has 0 aromatic heterocycles. The summed E-state index contributed by atoms with van der Waals surface area (Å²) in [6.07, 6.45) is 0. The minimum Gasteiger partial charge on any atom is -0.164 e. The lowest BCUT2D eigenvalue weighted by atomic mass is 9.70. The van der Waals surface area contributed by atoms with Crippen LogP contribution in [0.2, 0.25) is 0 Å². The number of hydrogen-bond donors (Lipinski definition) is 0. The van der Waals surface area contributed by atoms with Crippen LogP contribution in [-0.4, -0.2) is 6.98 Å². The van der Waals surface area contributed by atoms with E-state index in [1.165, 1.54) is 0 Å². The van der Waals surface area contributed by atoms with Crippen molar-refractivity contribution in [1.29, 1.82) is 0 Å². The molecule has 0 atom stereocenters. The van der Waals surface area contributed by atoms with Gasteiger partial charge in [0, 0.05) is 0 Å². The molecule has 14 heavy (non-hydrogen) atoms. The highest BCUT2D eigenvalue weighted by molar-refractivity contribution is 6.69. The third kappa shape index (κ3) is 2.25. The summed E-state index contributed by atoms with van der Waals surface area (Å²) in [5.41, 5.74) is 1.63. The molecular formula is C9H11BN2O2. The van der Waals surface area contributed by atoms with E-state index in [4.69, 9.17) is 0 Å². The number of nitrogens with zero attached hydrogens (tertiary/aromatic N) is 2. The third-order valence-electron chi connectivity index (χ3n) is 2.08. The van der Waals surface area contributed by atoms with Gasteiger partial charge in [-0.2, -0.15) is 9.81 Å². The molecule has 0 radical (unpaired) electrons. The average Bonchev–Trinajstić information content (AvgIpc) is 2.20. The molecule has 0 unspecified atom stereocenters. The van der Waals surface area contributed by atoms with Gasteiger partial charge in [-0.25, -0.2) is 0 Å². The fourth-order valence-corrected chi connectivity index (χ4v) is 1.22. The molecule has 0 spiro atoms. The molecule has 0 saturated carbocycles. The van der Waals surface area contributed by atoms with Crippen LogP contribution in [0.4, 0.5) is 0 Å². The van der Waals surface area contributed by atoms with Crippen molar-refractivity contribution < 1.29 is 0 Å². The summed E-state index contributed by atoms with van der Waals surface area (Å²) in [5.74, 6) is 0.355. The van der Waals surface area contributed by atoms with Crippen molar-refractivity contribution in [1.82, 2.24) is 0 Å². The Morgan fingerprint density at radius 2 is 1.86 bits per heavy atom. The van der Waals surface area contributed by atoms with Crippen LogP contribution in [-0.2, 0) is 0 Å². The summed E-state index contributed by atoms with van der Waals surface area (Å²) >= 11 is 0. The maximum atomic E-state index is 10.3. The van der Waals surface area contributed by atoms with Crippen LogP contribution < -0.4 is 5.46 Å². The first-order valence-electron chi connectivity index (χ1n) is 4.43. The van der Waals surface area contributed by atoms with Gasteiger partial charge in [0.1, 0.15) is 0 Å². The molecular weight excluding hydrogens is 179 g/mol. The van der Waals surface area contributed by atoms with Gasteiger partial charge in [0.2, 0.25) is 0 Å². The van der Waals surface area contributed by atoms with E-state index in [2.05, 4.69) is 10.2 Å². The Labute approximate surface area is 82.8 Å². The van der Waals surface area contributed by atoms with Crippen LogP contribution >= 0.6 is 0 Å². The molecule has 0 N–H and O–H groups in total. The third-order valence-corrected chi connectivity index (χ3v) is 2.08. The van der Waals surface area contributed by atoms with E-state index >= 15 is 0 Å². The second kappa shape index (κ2) is 4.65. The van der Waals surface area contributed by atoms with Crippen LogP contribution in [0.15, 0.2) is 34.4 Å². The zero-order valence-corrected chi connectivity index (χ0v) is 8.18. The predicted molar refractivity (Wildman–Crippen MR) is 57.5 cm³/mol. The zero-order valence-electron chi connectivity index (χ0n) is 8.18. The van der Waals surface area contributed by atoms with Gasteiger partial charge < -0.3 is 0 Å². The zero-order chi connectivity index (χ0) is 10.6. The maximum absolute atomic E-state index is 10.3. The van der Waals surface area contributed by atoms with E-state index < -0.39 is 6.98 Å². The van der Waals surface area contributed by atoms with Gasteiger partial charge in [-0.3, -0.25) is 0 Å². The minimum absolute atomic E-state index is 0.355. The molecule has 0 saturated heterocycles. The Morgan fingerprint density at radius 3 is 2.36 bits per heavy atom. The highest BCUT2D eigenvalue weighted by atomic mass is 16.3. The largest absolute Gasteiger partial charge is 0.548 e. The average molecular weight is 190 g/mol. The molecule has 1 aromatic rings. The molecule has 1 aromatic carbocycles. The van der Waals surface area contributed by atoms with E-state index in [-0.39, 0.29) is 0 Å². The lowest BCUT2D eigenvalue weighted by Crippen LogP contribution is -2.25. The Kier molecular flexibility index (Phi) is 3.51. The standard InChI is InChI=1S/C9H11BN2O2/c1-7(2)8-4-3-5-9(6-8)10(11-13)12-14/h3-7H,1-2H3. The summed E-state index contributed by atoms with van der Waals surface area (Å²) < 4.78 is 0. The number of benzene rings is 1. The first kappa shape index (κ1) is 10.6. The minimum atomic E-state index is -1.12. The highest BCUT2D eigenvalue weighted by Crippen LogP contribution is 2.12. The maximum Gasteiger partial charge on any atom is 0.548 e. The predicted octanol–water partition coefficient (Wildman–Crippen LogP) is 2.04. The summed E-state index contributed by atoms with van der Waals surface area (Å²) in [4.78, 5) is 20.5. The van der Waals surface area contributed by atoms with E-state index in [0.717, 1.165) is 5.56 Å². The van der Waals surface area contributed by atoms with Gasteiger partial charge in [-0.05, 0) is 16.9 Å². The van der Waals surface area contributed by atoms with Crippen molar-refractivity contribution in [3.05, 3.63) is 39.6 Å². The Bertz CT molecular complexity index is 333. The molecule has 0 aliphatic rings. The van der Waals surface area contributed by atoms with Crippen LogP contribution in [0.1, 0.15) is 25.3 Å². The fraction of sp³-hybridized carbons (Fsp3) is 0.333. The van der Waals surface area contributed by atoms with Crippen molar-refractivity contribution in [2.75, 3.05) is 0 Å². The first-order chi connectivity index (χ1) is 6.69. The molecule has 72 valence electrons. The number of nitroso groups, excluding NO2 is 2. The van der Waals surface area contributed by atoms with Gasteiger partial charge in [-0.1, -0.05) is 48.3 Å². The summed E-state index contributed by atoms with van der Waals surface area (Å²) in [5, 5.41) is 5.30. The van der Waals surface area contributed by atoms with Crippen molar-refractivity contribution in [3.8, 4) is 0 Å². The van der Waals surface area contributed by atoms with E-state index in [1.807, 2.05) is 19.9 Å². The fourth-order valence-electron chi connectivity index (χ4n) is 1.22. The van der Waals surface area contributed by atoms with Crippen LogP contribution in [0.3, 0.4) is 0 Å². The Morgan fingerprint density at radius 1 is 1.21 bits per heavy atom. The molecule has 5 heteroatoms. The van der Waals surface area contributed by atoms with Crippen LogP contribution in [0.25, 0.3) is 0 Å². The second-order valence-corrected chi connectivity index (χ2v) is 3.41. The first-order valence-corrected chi connectivity index (χ1v) is 4.43. The lowest BCUT2D eigenvalue weighted by molar-refractivity contribution is 0.868. The molecule has 0 fully saturated rings. The Balaban J connectivity index is 3.03. The summed E-state index contributed by atoms with van der Waals surface area (Å²) in [7, 11) is 0. The topological polar surface area (TPSA) is 58.9 Å². The van der Waals surface area contributed by atoms with Crippen molar-refractivity contribution in [2.45, 2.75) is 19.8 Å². The van der Waals surface area contributed by atoms with Gasteiger partial charge in [0.15, 0.2) is 0 Å². The molecule has 0 aliphatic carbocycles. The quantitative estimate of drug-likeness (QED) is 0.538. The van der Waals surface area contributed by atoms with Gasteiger partial charge >= 0.3 is 6.98 Å². The monoisotopic (exact) mass is 190 g/mol. The number of hydrogen-bond acceptors (Lipinski definition) is 4. The smallest absolute Gasteiger partial charge is 0.164 e. The molecule has 1 rings (SSSR count). The molecule has 0 heterocycles. The van der Waals surface area contributed by atoms with Gasteiger partial charge in [0.05, 0.1) is 0 Å². The normalized spacial score (nSPS) is 9.93. The van der Waals surface area contributed by atoms with Crippen molar-refractivity contribution in [3.63, 3.8) is 0 Å². The Hall–Kier alpha value is -1.52. The van der Waals surface area contributed by atoms with Gasteiger partial charge in [-0.15, -0.1) is 0 Å². The van der Waals surface area contributed by atoms with E-state index in [9.17, 15) is 9.81 Å². The van der Waals surface area contributed by atoms with E-state index in [0.29, 0.717) is 11.4 Å². The summed E-state index contributed by atoms with van der Waals surface area (Å²) in [6, 6.07) is 7.21. The van der Waals surface area contributed by atoms with Crippen LogP contribution in [0.5, 0.6) is 0 Å². The molecule has 4 nitrogen and oxygen atoms in total. The van der Waals surface area contributed by atoms with Crippen molar-refractivity contribution in [2.24, 2.45) is 10.2 Å². The van der Waals surface area contributed by atoms with Crippen molar-refractivity contribution >= 4 is 12.4 Å². The van der Waals surface area contributed by atoms with Crippen LogP contribution in [0, 0.1) is 9.81 Å². The summed E-state index contributed by atoms with van der Waals surface area (Å²) in [6.45, 7) is 2.96. The molecule has 0 amide bonds. The highest BCUT2D eigenvalue weighted by Gasteiger charge is 2.21. The molecule has 0 bridgehead atoms. The molecule has 0 aliphatic heterocycles. The lowest BCUT2D eigenvalue weighted by Gasteiger charge is -2.06. The number of rotatable bonds is 4. The SMILES string of the molecule is CC(C)c1cccc(B(N=O)N=O)c1. The van der Waals surface area contributed by atoms with Gasteiger partial charge in [0.25, 0.3) is 0 Å².